The molecular formula is C19H16ClN3O. The average Bonchev–Trinajstić information content (AvgIpc) is 2.59. The number of nitrogens with zero attached hydrogens (tertiary/aromatic N) is 1. The Balaban J connectivity index is 1.81. The van der Waals surface area contributed by atoms with Crippen molar-refractivity contribution in [1.82, 2.24) is 4.98 Å². The van der Waals surface area contributed by atoms with Crippen LogP contribution in [0, 0.1) is 6.92 Å². The first-order valence-corrected chi connectivity index (χ1v) is 7.85. The fourth-order valence-electron chi connectivity index (χ4n) is 2.22. The zero-order valence-corrected chi connectivity index (χ0v) is 13.8. The van der Waals surface area contributed by atoms with Gasteiger partial charge in [0.25, 0.3) is 5.91 Å². The van der Waals surface area contributed by atoms with Gasteiger partial charge in [0.2, 0.25) is 0 Å². The van der Waals surface area contributed by atoms with Gasteiger partial charge in [-0.1, -0.05) is 41.4 Å². The summed E-state index contributed by atoms with van der Waals surface area (Å²) in [4.78, 5) is 16.6. The lowest BCUT2D eigenvalue weighted by atomic mass is 10.1. The van der Waals surface area contributed by atoms with Crippen LogP contribution in [-0.2, 0) is 0 Å². The van der Waals surface area contributed by atoms with Crippen LogP contribution in [-0.4, -0.2) is 10.9 Å². The Labute approximate surface area is 145 Å². The number of benzene rings is 2. The summed E-state index contributed by atoms with van der Waals surface area (Å²) in [5.74, 6) is 0.217. The van der Waals surface area contributed by atoms with Gasteiger partial charge in [0.05, 0.1) is 16.3 Å². The maximum Gasteiger partial charge on any atom is 0.258 e. The van der Waals surface area contributed by atoms with Crippen LogP contribution in [0.5, 0.6) is 0 Å². The molecule has 1 heterocycles. The summed E-state index contributed by atoms with van der Waals surface area (Å²) in [7, 11) is 0. The van der Waals surface area contributed by atoms with Crippen LogP contribution < -0.4 is 10.6 Å². The molecule has 0 radical (unpaired) electrons. The van der Waals surface area contributed by atoms with E-state index in [-0.39, 0.29) is 5.91 Å². The monoisotopic (exact) mass is 337 g/mol. The van der Waals surface area contributed by atoms with Crippen LogP contribution in [0.25, 0.3) is 0 Å². The van der Waals surface area contributed by atoms with Gasteiger partial charge in [-0.3, -0.25) is 4.79 Å². The van der Waals surface area contributed by atoms with Crippen molar-refractivity contribution >= 4 is 34.7 Å². The number of para-hydroxylation sites is 1. The number of amides is 1. The zero-order valence-electron chi connectivity index (χ0n) is 13.1. The van der Waals surface area contributed by atoms with Crippen LogP contribution in [0.2, 0.25) is 5.02 Å². The Morgan fingerprint density at radius 2 is 1.75 bits per heavy atom. The van der Waals surface area contributed by atoms with Crippen LogP contribution in [0.1, 0.15) is 15.9 Å². The van der Waals surface area contributed by atoms with E-state index in [0.717, 1.165) is 11.4 Å². The minimum atomic E-state index is -0.236. The summed E-state index contributed by atoms with van der Waals surface area (Å²) in [6.45, 7) is 2.03. The van der Waals surface area contributed by atoms with Crippen molar-refractivity contribution in [1.29, 1.82) is 0 Å². The molecule has 0 saturated carbocycles. The molecule has 0 aliphatic rings. The number of pyridine rings is 1. The molecule has 0 fully saturated rings. The Morgan fingerprint density at radius 1 is 1.00 bits per heavy atom. The molecular weight excluding hydrogens is 322 g/mol. The van der Waals surface area contributed by atoms with Gasteiger partial charge in [-0.05, 0) is 43.3 Å². The van der Waals surface area contributed by atoms with E-state index in [1.54, 1.807) is 18.2 Å². The smallest absolute Gasteiger partial charge is 0.258 e. The first kappa shape index (κ1) is 16.0. The third-order valence-electron chi connectivity index (χ3n) is 3.47. The molecule has 3 rings (SSSR count). The van der Waals surface area contributed by atoms with Crippen LogP contribution in [0.15, 0.2) is 66.9 Å². The normalized spacial score (nSPS) is 10.2. The number of aryl methyl sites for hydroxylation is 1. The number of hydrogen-bond donors (Lipinski definition) is 2. The number of carbonyl (C=O) groups is 1. The van der Waals surface area contributed by atoms with Crippen molar-refractivity contribution in [2.45, 2.75) is 6.92 Å². The molecule has 2 N–H and O–H groups in total. The molecule has 3 aromatic rings. The molecule has 1 amide bonds. The van der Waals surface area contributed by atoms with Gasteiger partial charge in [0, 0.05) is 11.9 Å². The summed E-state index contributed by atoms with van der Waals surface area (Å²) < 4.78 is 0. The van der Waals surface area contributed by atoms with Crippen molar-refractivity contribution in [3.05, 3.63) is 83.0 Å². The van der Waals surface area contributed by atoms with Crippen LogP contribution in [0.4, 0.5) is 17.2 Å². The minimum Gasteiger partial charge on any atom is -0.355 e. The lowest BCUT2D eigenvalue weighted by Crippen LogP contribution is -2.14. The molecule has 0 atom stereocenters. The van der Waals surface area contributed by atoms with Crippen molar-refractivity contribution in [2.75, 3.05) is 10.6 Å². The van der Waals surface area contributed by atoms with Gasteiger partial charge in [0.15, 0.2) is 0 Å². The first-order valence-electron chi connectivity index (χ1n) is 7.47. The lowest BCUT2D eigenvalue weighted by Gasteiger charge is -2.12. The molecule has 0 saturated heterocycles. The third kappa shape index (κ3) is 3.91. The zero-order chi connectivity index (χ0) is 16.9. The van der Waals surface area contributed by atoms with Gasteiger partial charge in [-0.15, -0.1) is 0 Å². The highest BCUT2D eigenvalue weighted by molar-refractivity contribution is 6.30. The lowest BCUT2D eigenvalue weighted by molar-refractivity contribution is 0.102. The van der Waals surface area contributed by atoms with Gasteiger partial charge >= 0.3 is 0 Å². The first-order chi connectivity index (χ1) is 11.6. The minimum absolute atomic E-state index is 0.236. The average molecular weight is 338 g/mol. The maximum absolute atomic E-state index is 12.5. The Morgan fingerprint density at radius 3 is 2.46 bits per heavy atom. The fourth-order valence-corrected chi connectivity index (χ4v) is 2.33. The van der Waals surface area contributed by atoms with Crippen LogP contribution in [0.3, 0.4) is 0 Å². The molecule has 0 aliphatic heterocycles. The number of nitrogens with one attached hydrogen (secondary N) is 2. The number of anilines is 3. The maximum atomic E-state index is 12.5. The fraction of sp³-hybridized carbons (Fsp3) is 0.0526. The van der Waals surface area contributed by atoms with E-state index in [9.17, 15) is 4.79 Å². The van der Waals surface area contributed by atoms with Gasteiger partial charge in [-0.2, -0.15) is 0 Å². The second kappa shape index (κ2) is 7.15. The number of hydrogen-bond acceptors (Lipinski definition) is 3. The summed E-state index contributed by atoms with van der Waals surface area (Å²) in [6, 6.07) is 18.7. The molecule has 4 nitrogen and oxygen atoms in total. The van der Waals surface area contributed by atoms with E-state index >= 15 is 0 Å². The summed E-state index contributed by atoms with van der Waals surface area (Å²) >= 11 is 5.81. The largest absolute Gasteiger partial charge is 0.355 e. The second-order valence-electron chi connectivity index (χ2n) is 5.35. The molecule has 120 valence electrons. The summed E-state index contributed by atoms with van der Waals surface area (Å²) in [6.07, 6.45) is 1.49. The summed E-state index contributed by atoms with van der Waals surface area (Å²) in [5.41, 5.74) is 3.37. The Kier molecular flexibility index (Phi) is 4.77. The molecule has 1 aromatic heterocycles. The number of aromatic nitrogens is 1. The highest BCUT2D eigenvalue weighted by Crippen LogP contribution is 2.22. The topological polar surface area (TPSA) is 54.0 Å². The molecule has 0 unspecified atom stereocenters. The highest BCUT2D eigenvalue weighted by atomic mass is 35.5. The number of rotatable bonds is 4. The molecule has 0 aliphatic carbocycles. The van der Waals surface area contributed by atoms with E-state index in [2.05, 4.69) is 15.6 Å². The SMILES string of the molecule is Cc1ccc(Nc2ccccc2C(=O)Nc2ccc(Cl)cn2)cc1. The molecule has 24 heavy (non-hydrogen) atoms. The van der Waals surface area contributed by atoms with E-state index < -0.39 is 0 Å². The third-order valence-corrected chi connectivity index (χ3v) is 3.69. The quantitative estimate of drug-likeness (QED) is 0.701. The van der Waals surface area contributed by atoms with Gasteiger partial charge in [0.1, 0.15) is 5.82 Å². The van der Waals surface area contributed by atoms with Gasteiger partial charge < -0.3 is 10.6 Å². The second-order valence-corrected chi connectivity index (χ2v) is 5.79. The van der Waals surface area contributed by atoms with Crippen molar-refractivity contribution < 1.29 is 4.79 Å². The highest BCUT2D eigenvalue weighted by Gasteiger charge is 2.12. The predicted molar refractivity (Wildman–Crippen MR) is 98.1 cm³/mol. The van der Waals surface area contributed by atoms with Crippen molar-refractivity contribution in [3.63, 3.8) is 0 Å². The molecule has 2 aromatic carbocycles. The van der Waals surface area contributed by atoms with E-state index in [1.165, 1.54) is 11.8 Å². The standard InChI is InChI=1S/C19H16ClN3O/c1-13-6-9-15(10-7-13)22-17-5-3-2-4-16(17)19(24)23-18-11-8-14(20)12-21-18/h2-12,22H,1H3,(H,21,23,24). The van der Waals surface area contributed by atoms with Gasteiger partial charge in [-0.25, -0.2) is 4.98 Å². The van der Waals surface area contributed by atoms with Crippen molar-refractivity contribution in [3.8, 4) is 0 Å². The Hall–Kier alpha value is -2.85. The Bertz CT molecular complexity index is 845. The summed E-state index contributed by atoms with van der Waals surface area (Å²) in [5, 5.41) is 6.57. The molecule has 5 heteroatoms. The number of carbonyl (C=O) groups excluding carboxylic acids is 1. The predicted octanol–water partition coefficient (Wildman–Crippen LogP) is 5.04. The van der Waals surface area contributed by atoms with Crippen LogP contribution >= 0.6 is 11.6 Å². The van der Waals surface area contributed by atoms with Crippen molar-refractivity contribution in [2.24, 2.45) is 0 Å². The van der Waals surface area contributed by atoms with E-state index in [4.69, 9.17) is 11.6 Å². The van der Waals surface area contributed by atoms with E-state index in [1.807, 2.05) is 49.4 Å². The van der Waals surface area contributed by atoms with E-state index in [0.29, 0.717) is 16.4 Å². The molecule has 0 spiro atoms. The molecule has 0 bridgehead atoms. The number of halogens is 1.